The molecule has 0 amide bonds. The molecular formula is C21H26. The van der Waals surface area contributed by atoms with Crippen LogP contribution >= 0.6 is 0 Å². The van der Waals surface area contributed by atoms with Crippen LogP contribution in [0.2, 0.25) is 0 Å². The molecule has 0 spiro atoms. The standard InChI is InChI=1S/C21H26/c1-21(2,3)20-11-7-10-18-13-12-17(15-19(18)20)14-16-8-5-4-6-9-16/h4-6,8-9,12-13,15,20H,7,10-11,14H2,1-3H3. The second kappa shape index (κ2) is 5.67. The van der Waals surface area contributed by atoms with Crippen molar-refractivity contribution in [2.45, 2.75) is 52.4 Å². The third-order valence-electron chi connectivity index (χ3n) is 4.82. The van der Waals surface area contributed by atoms with Crippen molar-refractivity contribution < 1.29 is 0 Å². The summed E-state index contributed by atoms with van der Waals surface area (Å²) in [6.07, 6.45) is 4.98. The average molecular weight is 278 g/mol. The Morgan fingerprint density at radius 2 is 1.71 bits per heavy atom. The highest BCUT2D eigenvalue weighted by molar-refractivity contribution is 5.39. The summed E-state index contributed by atoms with van der Waals surface area (Å²) in [6.45, 7) is 7.16. The molecule has 0 heteroatoms. The minimum absolute atomic E-state index is 0.362. The Morgan fingerprint density at radius 1 is 0.952 bits per heavy atom. The molecule has 1 unspecified atom stereocenters. The van der Waals surface area contributed by atoms with Gasteiger partial charge in [-0.3, -0.25) is 0 Å². The third-order valence-corrected chi connectivity index (χ3v) is 4.82. The van der Waals surface area contributed by atoms with Crippen LogP contribution in [0.3, 0.4) is 0 Å². The molecule has 2 aromatic carbocycles. The van der Waals surface area contributed by atoms with Gasteiger partial charge in [-0.2, -0.15) is 0 Å². The summed E-state index contributed by atoms with van der Waals surface area (Å²) in [7, 11) is 0. The van der Waals surface area contributed by atoms with Gasteiger partial charge in [-0.1, -0.05) is 69.3 Å². The first kappa shape index (κ1) is 14.4. The molecule has 0 nitrogen and oxygen atoms in total. The zero-order chi connectivity index (χ0) is 14.9. The van der Waals surface area contributed by atoms with E-state index in [-0.39, 0.29) is 0 Å². The minimum atomic E-state index is 0.362. The van der Waals surface area contributed by atoms with E-state index in [0.29, 0.717) is 11.3 Å². The van der Waals surface area contributed by atoms with Gasteiger partial charge in [-0.05, 0) is 59.3 Å². The van der Waals surface area contributed by atoms with Crippen LogP contribution in [-0.2, 0) is 12.8 Å². The first-order valence-electron chi connectivity index (χ1n) is 8.19. The van der Waals surface area contributed by atoms with Crippen LogP contribution in [0.5, 0.6) is 0 Å². The van der Waals surface area contributed by atoms with E-state index in [9.17, 15) is 0 Å². The summed E-state index contributed by atoms with van der Waals surface area (Å²) in [5.41, 5.74) is 6.41. The Hall–Kier alpha value is -1.56. The summed E-state index contributed by atoms with van der Waals surface area (Å²) in [5, 5.41) is 0. The van der Waals surface area contributed by atoms with E-state index in [1.165, 1.54) is 30.4 Å². The normalized spacial score (nSPS) is 18.3. The average Bonchev–Trinajstić information content (AvgIpc) is 2.46. The monoisotopic (exact) mass is 278 g/mol. The van der Waals surface area contributed by atoms with E-state index in [2.05, 4.69) is 69.3 Å². The molecule has 0 saturated carbocycles. The molecule has 0 N–H and O–H groups in total. The first-order chi connectivity index (χ1) is 10.0. The number of hydrogen-bond acceptors (Lipinski definition) is 0. The molecule has 0 fully saturated rings. The third kappa shape index (κ3) is 3.20. The maximum absolute atomic E-state index is 2.48. The smallest absolute Gasteiger partial charge is 0.00257 e. The molecule has 0 radical (unpaired) electrons. The van der Waals surface area contributed by atoms with E-state index >= 15 is 0 Å². The van der Waals surface area contributed by atoms with E-state index in [0.717, 1.165) is 6.42 Å². The number of aryl methyl sites for hydroxylation is 1. The molecule has 0 saturated heterocycles. The van der Waals surface area contributed by atoms with Crippen LogP contribution in [0, 0.1) is 5.41 Å². The van der Waals surface area contributed by atoms with Crippen LogP contribution in [0.15, 0.2) is 48.5 Å². The van der Waals surface area contributed by atoms with Gasteiger partial charge < -0.3 is 0 Å². The fourth-order valence-corrected chi connectivity index (χ4v) is 3.69. The van der Waals surface area contributed by atoms with Gasteiger partial charge in [-0.15, -0.1) is 0 Å². The lowest BCUT2D eigenvalue weighted by Crippen LogP contribution is -2.23. The number of rotatable bonds is 2. The predicted molar refractivity (Wildman–Crippen MR) is 90.8 cm³/mol. The Bertz CT molecular complexity index is 602. The van der Waals surface area contributed by atoms with Crippen molar-refractivity contribution in [1.82, 2.24) is 0 Å². The summed E-state index contributed by atoms with van der Waals surface area (Å²) in [6, 6.07) is 18.0. The number of hydrogen-bond donors (Lipinski definition) is 0. The lowest BCUT2D eigenvalue weighted by molar-refractivity contribution is 0.289. The molecule has 0 bridgehead atoms. The maximum Gasteiger partial charge on any atom is -0.00257 e. The van der Waals surface area contributed by atoms with Crippen molar-refractivity contribution in [1.29, 1.82) is 0 Å². The Labute approximate surface area is 129 Å². The topological polar surface area (TPSA) is 0 Å². The molecule has 0 heterocycles. The van der Waals surface area contributed by atoms with Crippen molar-refractivity contribution in [2.24, 2.45) is 5.41 Å². The second-order valence-corrected chi connectivity index (χ2v) is 7.51. The lowest BCUT2D eigenvalue weighted by Gasteiger charge is -2.36. The molecular weight excluding hydrogens is 252 g/mol. The zero-order valence-electron chi connectivity index (χ0n) is 13.5. The van der Waals surface area contributed by atoms with Crippen molar-refractivity contribution in [3.63, 3.8) is 0 Å². The van der Waals surface area contributed by atoms with Gasteiger partial charge >= 0.3 is 0 Å². The highest BCUT2D eigenvalue weighted by atomic mass is 14.3. The quantitative estimate of drug-likeness (QED) is 0.656. The molecule has 0 aliphatic heterocycles. The molecule has 0 aromatic heterocycles. The van der Waals surface area contributed by atoms with Gasteiger partial charge in [0.1, 0.15) is 0 Å². The van der Waals surface area contributed by atoms with E-state index < -0.39 is 0 Å². The van der Waals surface area contributed by atoms with Crippen LogP contribution < -0.4 is 0 Å². The number of benzene rings is 2. The lowest BCUT2D eigenvalue weighted by atomic mass is 9.69. The van der Waals surface area contributed by atoms with Crippen LogP contribution in [-0.4, -0.2) is 0 Å². The maximum atomic E-state index is 2.48. The summed E-state index contributed by atoms with van der Waals surface area (Å²) < 4.78 is 0. The zero-order valence-corrected chi connectivity index (χ0v) is 13.5. The van der Waals surface area contributed by atoms with Crippen LogP contribution in [0.1, 0.15) is 61.8 Å². The predicted octanol–water partition coefficient (Wildman–Crippen LogP) is 5.74. The van der Waals surface area contributed by atoms with Crippen molar-refractivity contribution in [3.05, 3.63) is 70.8 Å². The Kier molecular flexibility index (Phi) is 3.89. The second-order valence-electron chi connectivity index (χ2n) is 7.51. The minimum Gasteiger partial charge on any atom is -0.0622 e. The molecule has 1 atom stereocenters. The van der Waals surface area contributed by atoms with Gasteiger partial charge in [0.2, 0.25) is 0 Å². The first-order valence-corrected chi connectivity index (χ1v) is 8.19. The Morgan fingerprint density at radius 3 is 2.43 bits per heavy atom. The van der Waals surface area contributed by atoms with Crippen molar-refractivity contribution in [3.8, 4) is 0 Å². The fraction of sp³-hybridized carbons (Fsp3) is 0.429. The number of fused-ring (bicyclic) bond motifs is 1. The fourth-order valence-electron chi connectivity index (χ4n) is 3.69. The molecule has 21 heavy (non-hydrogen) atoms. The Balaban J connectivity index is 1.92. The summed E-state index contributed by atoms with van der Waals surface area (Å²) in [5.74, 6) is 0.706. The van der Waals surface area contributed by atoms with Gasteiger partial charge in [0, 0.05) is 0 Å². The van der Waals surface area contributed by atoms with E-state index in [4.69, 9.17) is 0 Å². The van der Waals surface area contributed by atoms with Crippen molar-refractivity contribution >= 4 is 0 Å². The molecule has 1 aliphatic rings. The molecule has 3 rings (SSSR count). The van der Waals surface area contributed by atoms with Gasteiger partial charge in [-0.25, -0.2) is 0 Å². The van der Waals surface area contributed by atoms with Gasteiger partial charge in [0.25, 0.3) is 0 Å². The molecule has 2 aromatic rings. The SMILES string of the molecule is CC(C)(C)C1CCCc2ccc(Cc3ccccc3)cc21. The van der Waals surface area contributed by atoms with Crippen LogP contribution in [0.4, 0.5) is 0 Å². The molecule has 1 aliphatic carbocycles. The van der Waals surface area contributed by atoms with E-state index in [1.54, 1.807) is 11.1 Å². The molecule has 110 valence electrons. The van der Waals surface area contributed by atoms with Crippen LogP contribution in [0.25, 0.3) is 0 Å². The van der Waals surface area contributed by atoms with Gasteiger partial charge in [0.05, 0.1) is 0 Å². The largest absolute Gasteiger partial charge is 0.0622 e. The highest BCUT2D eigenvalue weighted by Gasteiger charge is 2.30. The van der Waals surface area contributed by atoms with Gasteiger partial charge in [0.15, 0.2) is 0 Å². The van der Waals surface area contributed by atoms with E-state index in [1.807, 2.05) is 0 Å². The van der Waals surface area contributed by atoms with Crippen molar-refractivity contribution in [2.75, 3.05) is 0 Å². The summed E-state index contributed by atoms with van der Waals surface area (Å²) in [4.78, 5) is 0. The summed E-state index contributed by atoms with van der Waals surface area (Å²) >= 11 is 0. The highest BCUT2D eigenvalue weighted by Crippen LogP contribution is 2.43.